The van der Waals surface area contributed by atoms with Crippen LogP contribution in [0.4, 0.5) is 0 Å². The van der Waals surface area contributed by atoms with Gasteiger partial charge in [-0.15, -0.1) is 0 Å². The molecule has 0 atom stereocenters. The van der Waals surface area contributed by atoms with Crippen LogP contribution >= 0.6 is 15.9 Å². The highest BCUT2D eigenvalue weighted by atomic mass is 79.9. The number of ether oxygens (including phenoxy) is 4. The number of benzene rings is 2. The van der Waals surface area contributed by atoms with E-state index in [1.54, 1.807) is 31.4 Å². The van der Waals surface area contributed by atoms with Crippen LogP contribution in [0, 0.1) is 0 Å². The van der Waals surface area contributed by atoms with E-state index >= 15 is 0 Å². The molecule has 0 spiro atoms. The van der Waals surface area contributed by atoms with E-state index in [-0.39, 0.29) is 12.7 Å². The lowest BCUT2D eigenvalue weighted by molar-refractivity contribution is 0.0954. The van der Waals surface area contributed by atoms with Gasteiger partial charge in [0.2, 0.25) is 6.79 Å². The number of halogens is 1. The number of nitrogens with one attached hydrogen (secondary N) is 1. The van der Waals surface area contributed by atoms with Gasteiger partial charge in [-0.1, -0.05) is 0 Å². The van der Waals surface area contributed by atoms with Crippen LogP contribution in [0.25, 0.3) is 0 Å². The molecule has 1 aliphatic heterocycles. The van der Waals surface area contributed by atoms with Crippen molar-refractivity contribution < 1.29 is 23.7 Å². The predicted octanol–water partition coefficient (Wildman–Crippen LogP) is 3.35. The van der Waals surface area contributed by atoms with Gasteiger partial charge in [0.05, 0.1) is 24.4 Å². The molecule has 0 radical (unpaired) electrons. The van der Waals surface area contributed by atoms with Crippen LogP contribution in [0.3, 0.4) is 0 Å². The number of methoxy groups -OCH3 is 1. The maximum absolute atomic E-state index is 12.2. The molecule has 0 saturated carbocycles. The van der Waals surface area contributed by atoms with Gasteiger partial charge in [-0.2, -0.15) is 5.10 Å². The minimum Gasteiger partial charge on any atom is -0.492 e. The number of rotatable bonds is 6. The summed E-state index contributed by atoms with van der Waals surface area (Å²) >= 11 is 3.43. The largest absolute Gasteiger partial charge is 0.492 e. The zero-order chi connectivity index (χ0) is 18.5. The average Bonchev–Trinajstić information content (AvgIpc) is 3.09. The summed E-state index contributed by atoms with van der Waals surface area (Å²) in [5.41, 5.74) is 3.66. The molecule has 8 heteroatoms. The van der Waals surface area contributed by atoms with Crippen LogP contribution in [-0.2, 0) is 0 Å². The molecule has 0 saturated heterocycles. The molecule has 0 unspecified atom stereocenters. The van der Waals surface area contributed by atoms with Crippen molar-refractivity contribution in [3.8, 4) is 23.0 Å². The highest BCUT2D eigenvalue weighted by molar-refractivity contribution is 9.10. The molecule has 2 aromatic rings. The fourth-order valence-corrected chi connectivity index (χ4v) is 3.01. The van der Waals surface area contributed by atoms with E-state index in [4.69, 9.17) is 18.9 Å². The zero-order valence-electron chi connectivity index (χ0n) is 14.2. The van der Waals surface area contributed by atoms with Gasteiger partial charge in [0.25, 0.3) is 5.91 Å². The highest BCUT2D eigenvalue weighted by Gasteiger charge is 2.16. The monoisotopic (exact) mass is 420 g/mol. The van der Waals surface area contributed by atoms with Crippen molar-refractivity contribution in [2.75, 3.05) is 20.5 Å². The Hall–Kier alpha value is -2.74. The molecular formula is C18H17BrN2O5. The van der Waals surface area contributed by atoms with E-state index in [1.165, 1.54) is 6.21 Å². The van der Waals surface area contributed by atoms with Gasteiger partial charge in [0.1, 0.15) is 0 Å². The molecular weight excluding hydrogens is 404 g/mol. The normalized spacial score (nSPS) is 12.3. The molecule has 0 bridgehead atoms. The topological polar surface area (TPSA) is 78.4 Å². The van der Waals surface area contributed by atoms with Gasteiger partial charge in [-0.25, -0.2) is 5.43 Å². The van der Waals surface area contributed by atoms with Crippen molar-refractivity contribution in [1.82, 2.24) is 5.43 Å². The number of carbonyl (C=O) groups excluding carboxylic acids is 1. The molecule has 1 aliphatic rings. The Morgan fingerprint density at radius 2 is 2.12 bits per heavy atom. The van der Waals surface area contributed by atoms with Crippen molar-refractivity contribution in [2.45, 2.75) is 6.92 Å². The molecule has 1 heterocycles. The fourth-order valence-electron chi connectivity index (χ4n) is 2.39. The number of carbonyl (C=O) groups is 1. The molecule has 1 N–H and O–H groups in total. The van der Waals surface area contributed by atoms with Crippen molar-refractivity contribution >= 4 is 28.1 Å². The summed E-state index contributed by atoms with van der Waals surface area (Å²) in [5.74, 6) is 2.01. The van der Waals surface area contributed by atoms with Crippen LogP contribution in [0.15, 0.2) is 39.9 Å². The Balaban J connectivity index is 1.71. The molecule has 7 nitrogen and oxygen atoms in total. The van der Waals surface area contributed by atoms with Crippen LogP contribution in [0.2, 0.25) is 0 Å². The lowest BCUT2D eigenvalue weighted by atomic mass is 10.2. The van der Waals surface area contributed by atoms with E-state index in [0.717, 1.165) is 10.0 Å². The highest BCUT2D eigenvalue weighted by Crippen LogP contribution is 2.36. The second-order valence-electron chi connectivity index (χ2n) is 5.23. The number of hydrazone groups is 1. The summed E-state index contributed by atoms with van der Waals surface area (Å²) in [6, 6.07) is 8.55. The van der Waals surface area contributed by atoms with Crippen molar-refractivity contribution in [3.05, 3.63) is 45.9 Å². The maximum atomic E-state index is 12.2. The maximum Gasteiger partial charge on any atom is 0.271 e. The third-order valence-corrected chi connectivity index (χ3v) is 4.14. The van der Waals surface area contributed by atoms with Gasteiger partial charge < -0.3 is 18.9 Å². The first-order valence-corrected chi connectivity index (χ1v) is 8.65. The number of hydrogen-bond donors (Lipinski definition) is 1. The molecule has 26 heavy (non-hydrogen) atoms. The molecule has 136 valence electrons. The third kappa shape index (κ3) is 3.91. The van der Waals surface area contributed by atoms with Crippen LogP contribution in [0.5, 0.6) is 23.0 Å². The van der Waals surface area contributed by atoms with Gasteiger partial charge >= 0.3 is 0 Å². The lowest BCUT2D eigenvalue weighted by Crippen LogP contribution is -2.17. The Labute approximate surface area is 159 Å². The molecule has 0 aliphatic carbocycles. The Morgan fingerprint density at radius 1 is 1.31 bits per heavy atom. The first-order valence-electron chi connectivity index (χ1n) is 7.85. The third-order valence-electron chi connectivity index (χ3n) is 3.55. The first kappa shape index (κ1) is 18.1. The van der Waals surface area contributed by atoms with Gasteiger partial charge in [-0.05, 0) is 58.7 Å². The van der Waals surface area contributed by atoms with Gasteiger partial charge in [-0.3, -0.25) is 4.79 Å². The van der Waals surface area contributed by atoms with Crippen LogP contribution in [0.1, 0.15) is 22.8 Å². The number of nitrogens with zero attached hydrogens (tertiary/aromatic N) is 1. The van der Waals surface area contributed by atoms with Crippen LogP contribution < -0.4 is 24.4 Å². The van der Waals surface area contributed by atoms with E-state index in [0.29, 0.717) is 35.2 Å². The SMILES string of the molecule is CCOc1cc(C=NNC(=O)c2ccc3c(c2)OCO3)cc(Br)c1OC. The molecule has 2 aromatic carbocycles. The summed E-state index contributed by atoms with van der Waals surface area (Å²) in [7, 11) is 1.57. The van der Waals surface area contributed by atoms with Crippen molar-refractivity contribution in [3.63, 3.8) is 0 Å². The average molecular weight is 421 g/mol. The summed E-state index contributed by atoms with van der Waals surface area (Å²) < 4.78 is 22.1. The zero-order valence-corrected chi connectivity index (χ0v) is 15.8. The van der Waals surface area contributed by atoms with E-state index in [9.17, 15) is 4.79 Å². The fraction of sp³-hybridized carbons (Fsp3) is 0.222. The quantitative estimate of drug-likeness (QED) is 0.572. The Morgan fingerprint density at radius 3 is 2.88 bits per heavy atom. The molecule has 3 rings (SSSR count). The minimum atomic E-state index is -0.350. The molecule has 0 aromatic heterocycles. The smallest absolute Gasteiger partial charge is 0.271 e. The van der Waals surface area contributed by atoms with E-state index < -0.39 is 0 Å². The number of amides is 1. The second-order valence-corrected chi connectivity index (χ2v) is 6.09. The summed E-state index contributed by atoms with van der Waals surface area (Å²) in [6.45, 7) is 2.55. The summed E-state index contributed by atoms with van der Waals surface area (Å²) in [5, 5.41) is 4.00. The van der Waals surface area contributed by atoms with Crippen molar-refractivity contribution in [1.29, 1.82) is 0 Å². The van der Waals surface area contributed by atoms with E-state index in [1.807, 2.05) is 13.0 Å². The Kier molecular flexibility index (Phi) is 5.62. The standard InChI is InChI=1S/C18H17BrN2O5/c1-3-24-16-7-11(6-13(19)17(16)23-2)9-20-21-18(22)12-4-5-14-15(8-12)26-10-25-14/h4-9H,3,10H2,1-2H3,(H,21,22). The van der Waals surface area contributed by atoms with Crippen molar-refractivity contribution in [2.24, 2.45) is 5.10 Å². The first-order chi connectivity index (χ1) is 12.6. The molecule has 1 amide bonds. The van der Waals surface area contributed by atoms with Gasteiger partial charge in [0.15, 0.2) is 23.0 Å². The number of fused-ring (bicyclic) bond motifs is 1. The summed E-state index contributed by atoms with van der Waals surface area (Å²) in [6.07, 6.45) is 1.53. The Bertz CT molecular complexity index is 854. The lowest BCUT2D eigenvalue weighted by Gasteiger charge is -2.11. The van der Waals surface area contributed by atoms with Gasteiger partial charge in [0, 0.05) is 5.56 Å². The van der Waals surface area contributed by atoms with Crippen LogP contribution in [-0.4, -0.2) is 32.6 Å². The summed E-state index contributed by atoms with van der Waals surface area (Å²) in [4.78, 5) is 12.2. The predicted molar refractivity (Wildman–Crippen MR) is 99.5 cm³/mol. The second kappa shape index (κ2) is 8.09. The molecule has 0 fully saturated rings. The number of hydrogen-bond acceptors (Lipinski definition) is 6. The van der Waals surface area contributed by atoms with E-state index in [2.05, 4.69) is 26.5 Å². The minimum absolute atomic E-state index is 0.160.